The van der Waals surface area contributed by atoms with E-state index in [1.54, 1.807) is 68.7 Å². The van der Waals surface area contributed by atoms with Crippen LogP contribution in [0.4, 0.5) is 5.69 Å². The first kappa shape index (κ1) is 31.1. The summed E-state index contributed by atoms with van der Waals surface area (Å²) >= 11 is 0. The summed E-state index contributed by atoms with van der Waals surface area (Å²) in [4.78, 5) is 29.1. The minimum Gasteiger partial charge on any atom is -0.495 e. The van der Waals surface area contributed by atoms with Crippen molar-refractivity contribution in [2.75, 3.05) is 59.0 Å². The van der Waals surface area contributed by atoms with Crippen LogP contribution in [0.3, 0.4) is 0 Å². The van der Waals surface area contributed by atoms with Crippen LogP contribution in [0, 0.1) is 0 Å². The fourth-order valence-corrected chi connectivity index (χ4v) is 7.12. The molecular formula is C32H37N3O8S. The highest BCUT2D eigenvalue weighted by Gasteiger charge is 2.33. The SMILES string of the molecule is COc1cc2c(cc1OC)CN(S(=O)(=O)c1ccc(OC)c(N3CCN(C(=O)C(OC(C)=O)c4ccccc4)CC3)c1)CC2. The molecule has 44 heavy (non-hydrogen) atoms. The molecule has 0 aromatic heterocycles. The zero-order valence-corrected chi connectivity index (χ0v) is 26.1. The number of methoxy groups -OCH3 is 3. The Labute approximate surface area is 257 Å². The molecule has 3 aromatic rings. The zero-order chi connectivity index (χ0) is 31.4. The number of carbonyl (C=O) groups is 2. The van der Waals surface area contributed by atoms with E-state index in [-0.39, 0.29) is 17.3 Å². The molecule has 0 spiro atoms. The molecule has 234 valence electrons. The van der Waals surface area contributed by atoms with E-state index in [0.29, 0.717) is 67.6 Å². The monoisotopic (exact) mass is 623 g/mol. The number of amides is 1. The normalized spacial score (nSPS) is 16.1. The van der Waals surface area contributed by atoms with Gasteiger partial charge in [-0.1, -0.05) is 30.3 Å². The molecule has 1 fully saturated rings. The van der Waals surface area contributed by atoms with Crippen molar-refractivity contribution in [3.8, 4) is 17.2 Å². The summed E-state index contributed by atoms with van der Waals surface area (Å²) in [5.41, 5.74) is 3.13. The van der Waals surface area contributed by atoms with Crippen LogP contribution in [-0.4, -0.2) is 83.6 Å². The predicted octanol–water partition coefficient (Wildman–Crippen LogP) is 3.41. The smallest absolute Gasteiger partial charge is 0.303 e. The molecule has 12 heteroatoms. The van der Waals surface area contributed by atoms with Crippen LogP contribution < -0.4 is 19.1 Å². The number of hydrogen-bond donors (Lipinski definition) is 0. The number of fused-ring (bicyclic) bond motifs is 1. The zero-order valence-electron chi connectivity index (χ0n) is 25.3. The number of nitrogens with zero attached hydrogens (tertiary/aromatic N) is 3. The Morgan fingerprint density at radius 3 is 2.02 bits per heavy atom. The molecule has 2 aliphatic rings. The number of piperazine rings is 1. The Kier molecular flexibility index (Phi) is 9.31. The molecule has 2 aliphatic heterocycles. The van der Waals surface area contributed by atoms with Crippen LogP contribution in [0.2, 0.25) is 0 Å². The maximum atomic E-state index is 13.9. The van der Waals surface area contributed by atoms with Crippen LogP contribution in [0.5, 0.6) is 17.2 Å². The number of ether oxygens (including phenoxy) is 4. The van der Waals surface area contributed by atoms with Gasteiger partial charge in [-0.2, -0.15) is 4.31 Å². The van der Waals surface area contributed by atoms with Gasteiger partial charge < -0.3 is 28.7 Å². The standard InChI is InChI=1S/C32H37N3O8S/c1-22(36)43-31(23-8-6-5-7-9-23)32(37)34-16-14-33(15-17-34)27-20-26(10-11-28(27)40-2)44(38,39)35-13-12-24-18-29(41-3)30(42-4)19-25(24)21-35/h5-11,18-20,31H,12-17,21H2,1-4H3. The summed E-state index contributed by atoms with van der Waals surface area (Å²) in [6, 6.07) is 17.5. The topological polar surface area (TPSA) is 115 Å². The number of rotatable bonds is 9. The quantitative estimate of drug-likeness (QED) is 0.331. The van der Waals surface area contributed by atoms with Gasteiger partial charge >= 0.3 is 5.97 Å². The fourth-order valence-electron chi connectivity index (χ4n) is 5.68. The summed E-state index contributed by atoms with van der Waals surface area (Å²) in [7, 11) is 0.833. The third kappa shape index (κ3) is 6.31. The lowest BCUT2D eigenvalue weighted by molar-refractivity contribution is -0.159. The van der Waals surface area contributed by atoms with Crippen molar-refractivity contribution in [2.24, 2.45) is 0 Å². The largest absolute Gasteiger partial charge is 0.495 e. The molecule has 0 N–H and O–H groups in total. The molecule has 1 atom stereocenters. The highest BCUT2D eigenvalue weighted by Crippen LogP contribution is 2.37. The molecule has 1 saturated heterocycles. The second-order valence-electron chi connectivity index (χ2n) is 10.6. The summed E-state index contributed by atoms with van der Waals surface area (Å²) < 4.78 is 51.1. The molecule has 3 aromatic carbocycles. The lowest BCUT2D eigenvalue weighted by atomic mass is 10.0. The van der Waals surface area contributed by atoms with Crippen LogP contribution in [0.1, 0.15) is 29.7 Å². The first-order valence-electron chi connectivity index (χ1n) is 14.3. The molecule has 11 nitrogen and oxygen atoms in total. The number of carbonyl (C=O) groups excluding carboxylic acids is 2. The van der Waals surface area contributed by atoms with Gasteiger partial charge in [0.1, 0.15) is 5.75 Å². The van der Waals surface area contributed by atoms with E-state index in [4.69, 9.17) is 18.9 Å². The van der Waals surface area contributed by atoms with Crippen LogP contribution in [0.15, 0.2) is 65.6 Å². The minimum atomic E-state index is -3.84. The van der Waals surface area contributed by atoms with Crippen LogP contribution in [-0.2, 0) is 37.3 Å². The lowest BCUT2D eigenvalue weighted by Crippen LogP contribution is -2.50. The maximum Gasteiger partial charge on any atom is 0.303 e. The molecule has 0 bridgehead atoms. The van der Waals surface area contributed by atoms with Crippen LogP contribution >= 0.6 is 0 Å². The van der Waals surface area contributed by atoms with Crippen molar-refractivity contribution < 1.29 is 37.0 Å². The summed E-state index contributed by atoms with van der Waals surface area (Å²) in [5, 5.41) is 0. The Morgan fingerprint density at radius 1 is 0.773 bits per heavy atom. The van der Waals surface area contributed by atoms with Gasteiger partial charge in [0.05, 0.1) is 31.9 Å². The molecule has 0 saturated carbocycles. The van der Waals surface area contributed by atoms with Crippen molar-refractivity contribution in [3.63, 3.8) is 0 Å². The molecule has 0 aliphatic carbocycles. The second kappa shape index (κ2) is 13.1. The highest BCUT2D eigenvalue weighted by atomic mass is 32.2. The van der Waals surface area contributed by atoms with E-state index in [0.717, 1.165) is 11.1 Å². The molecular weight excluding hydrogens is 586 g/mol. The molecule has 2 heterocycles. The van der Waals surface area contributed by atoms with Crippen molar-refractivity contribution in [2.45, 2.75) is 30.9 Å². The molecule has 0 radical (unpaired) electrons. The third-order valence-electron chi connectivity index (χ3n) is 8.01. The number of esters is 1. The first-order valence-corrected chi connectivity index (χ1v) is 15.8. The van der Waals surface area contributed by atoms with Crippen molar-refractivity contribution >= 4 is 27.6 Å². The Morgan fingerprint density at radius 2 is 1.41 bits per heavy atom. The average molecular weight is 624 g/mol. The summed E-state index contributed by atoms with van der Waals surface area (Å²) in [6.45, 7) is 3.42. The first-order chi connectivity index (χ1) is 21.2. The van der Waals surface area contributed by atoms with Gasteiger partial charge in [0.25, 0.3) is 5.91 Å². The van der Waals surface area contributed by atoms with E-state index in [2.05, 4.69) is 0 Å². The van der Waals surface area contributed by atoms with E-state index in [1.165, 1.54) is 11.2 Å². The lowest BCUT2D eigenvalue weighted by Gasteiger charge is -2.38. The van der Waals surface area contributed by atoms with Crippen molar-refractivity contribution in [1.82, 2.24) is 9.21 Å². The molecule has 5 rings (SSSR count). The van der Waals surface area contributed by atoms with E-state index < -0.39 is 22.1 Å². The van der Waals surface area contributed by atoms with E-state index in [9.17, 15) is 18.0 Å². The van der Waals surface area contributed by atoms with Gasteiger partial charge in [-0.3, -0.25) is 9.59 Å². The van der Waals surface area contributed by atoms with Crippen molar-refractivity contribution in [3.05, 3.63) is 77.4 Å². The van der Waals surface area contributed by atoms with Gasteiger partial charge in [0.15, 0.2) is 11.5 Å². The highest BCUT2D eigenvalue weighted by molar-refractivity contribution is 7.89. The van der Waals surface area contributed by atoms with Crippen LogP contribution in [0.25, 0.3) is 0 Å². The number of sulfonamides is 1. The maximum absolute atomic E-state index is 13.9. The molecule has 1 amide bonds. The van der Waals surface area contributed by atoms with Gasteiger partial charge in [0.2, 0.25) is 16.1 Å². The number of benzene rings is 3. The minimum absolute atomic E-state index is 0.162. The third-order valence-corrected chi connectivity index (χ3v) is 9.85. The van der Waals surface area contributed by atoms with Crippen molar-refractivity contribution in [1.29, 1.82) is 0 Å². The number of anilines is 1. The number of hydrogen-bond acceptors (Lipinski definition) is 9. The van der Waals surface area contributed by atoms with E-state index >= 15 is 0 Å². The van der Waals surface area contributed by atoms with Gasteiger partial charge in [-0.25, -0.2) is 8.42 Å². The van der Waals surface area contributed by atoms with Gasteiger partial charge in [0, 0.05) is 51.8 Å². The summed E-state index contributed by atoms with van der Waals surface area (Å²) in [6.07, 6.45) is -0.482. The Bertz CT molecular complexity index is 1620. The summed E-state index contributed by atoms with van der Waals surface area (Å²) in [5.74, 6) is 0.870. The predicted molar refractivity (Wildman–Crippen MR) is 164 cm³/mol. The van der Waals surface area contributed by atoms with Gasteiger partial charge in [-0.05, 0) is 47.9 Å². The Hall–Kier alpha value is -4.29. The van der Waals surface area contributed by atoms with Gasteiger partial charge in [-0.15, -0.1) is 0 Å². The van der Waals surface area contributed by atoms with E-state index in [1.807, 2.05) is 23.1 Å². The Balaban J connectivity index is 1.33. The second-order valence-corrected chi connectivity index (χ2v) is 12.5. The molecule has 1 unspecified atom stereocenters. The fraction of sp³-hybridized carbons (Fsp3) is 0.375. The average Bonchev–Trinajstić information content (AvgIpc) is 3.05.